The van der Waals surface area contributed by atoms with Crippen LogP contribution >= 0.6 is 11.6 Å². The number of methoxy groups -OCH3 is 2. The number of carbonyl (C=O) groups is 2. The molecule has 1 amide bonds. The lowest BCUT2D eigenvalue weighted by Gasteiger charge is -2.10. The van der Waals surface area contributed by atoms with Crippen LogP contribution in [0.2, 0.25) is 5.02 Å². The zero-order chi connectivity index (χ0) is 20.0. The van der Waals surface area contributed by atoms with Gasteiger partial charge in [0, 0.05) is 30.0 Å². The minimum atomic E-state index is -0.895. The first-order chi connectivity index (χ1) is 12.8. The average Bonchev–Trinajstić information content (AvgIpc) is 2.65. The molecule has 0 saturated heterocycles. The summed E-state index contributed by atoms with van der Waals surface area (Å²) < 4.78 is 15.1. The number of nitro benzene ring substituents is 1. The Bertz CT molecular complexity index is 863. The van der Waals surface area contributed by atoms with E-state index in [0.717, 1.165) is 6.07 Å². The van der Waals surface area contributed by atoms with E-state index in [1.807, 2.05) is 0 Å². The van der Waals surface area contributed by atoms with E-state index in [1.165, 1.54) is 26.4 Å². The first-order valence-electron chi connectivity index (χ1n) is 7.48. The van der Waals surface area contributed by atoms with Crippen molar-refractivity contribution in [3.63, 3.8) is 0 Å². The van der Waals surface area contributed by atoms with Crippen molar-refractivity contribution in [2.75, 3.05) is 26.1 Å². The summed E-state index contributed by atoms with van der Waals surface area (Å²) >= 11 is 5.68. The van der Waals surface area contributed by atoms with Crippen LogP contribution < -0.4 is 14.8 Å². The van der Waals surface area contributed by atoms with E-state index in [0.29, 0.717) is 17.2 Å². The van der Waals surface area contributed by atoms with Gasteiger partial charge in [0.2, 0.25) is 0 Å². The molecule has 0 aliphatic rings. The molecule has 0 spiro atoms. The van der Waals surface area contributed by atoms with Gasteiger partial charge in [-0.1, -0.05) is 11.6 Å². The first-order valence-corrected chi connectivity index (χ1v) is 7.86. The second kappa shape index (κ2) is 8.86. The molecule has 1 N–H and O–H groups in total. The minimum absolute atomic E-state index is 0.0954. The van der Waals surface area contributed by atoms with Gasteiger partial charge in [0.15, 0.2) is 6.61 Å². The van der Waals surface area contributed by atoms with Crippen LogP contribution in [0, 0.1) is 10.1 Å². The number of carbonyl (C=O) groups excluding carboxylic acids is 2. The van der Waals surface area contributed by atoms with Gasteiger partial charge in [-0.3, -0.25) is 14.9 Å². The van der Waals surface area contributed by atoms with E-state index < -0.39 is 29.1 Å². The van der Waals surface area contributed by atoms with Crippen LogP contribution in [-0.2, 0) is 9.53 Å². The molecule has 2 aromatic rings. The molecule has 10 heteroatoms. The fourth-order valence-corrected chi connectivity index (χ4v) is 2.26. The normalized spacial score (nSPS) is 10.0. The van der Waals surface area contributed by atoms with E-state index in [-0.39, 0.29) is 10.6 Å². The summed E-state index contributed by atoms with van der Waals surface area (Å²) in [7, 11) is 2.93. The Morgan fingerprint density at radius 1 is 1.11 bits per heavy atom. The number of nitro groups is 1. The Kier molecular flexibility index (Phi) is 6.56. The van der Waals surface area contributed by atoms with Crippen LogP contribution in [0.1, 0.15) is 10.4 Å². The lowest BCUT2D eigenvalue weighted by Crippen LogP contribution is -2.21. The molecule has 0 bridgehead atoms. The molecule has 0 fully saturated rings. The van der Waals surface area contributed by atoms with Gasteiger partial charge < -0.3 is 19.5 Å². The Hall–Kier alpha value is -3.33. The second-order valence-electron chi connectivity index (χ2n) is 5.15. The summed E-state index contributed by atoms with van der Waals surface area (Å²) in [6.07, 6.45) is 0. The number of ether oxygens (including phenoxy) is 3. The summed E-state index contributed by atoms with van der Waals surface area (Å²) in [6, 6.07) is 8.20. The number of nitrogens with zero attached hydrogens (tertiary/aromatic N) is 1. The van der Waals surface area contributed by atoms with Gasteiger partial charge in [-0.05, 0) is 12.1 Å². The zero-order valence-corrected chi connectivity index (χ0v) is 15.1. The van der Waals surface area contributed by atoms with Crippen molar-refractivity contribution in [3.05, 3.63) is 57.1 Å². The molecule has 0 aliphatic carbocycles. The maximum absolute atomic E-state index is 12.0. The number of nitrogens with one attached hydrogen (secondary N) is 1. The Balaban J connectivity index is 2.00. The highest BCUT2D eigenvalue weighted by Gasteiger charge is 2.18. The van der Waals surface area contributed by atoms with Gasteiger partial charge in [0.1, 0.15) is 16.5 Å². The average molecular weight is 395 g/mol. The molecule has 0 unspecified atom stereocenters. The number of hydrogen-bond acceptors (Lipinski definition) is 7. The predicted molar refractivity (Wildman–Crippen MR) is 96.6 cm³/mol. The number of amides is 1. The van der Waals surface area contributed by atoms with Crippen LogP contribution in [0.4, 0.5) is 11.4 Å². The highest BCUT2D eigenvalue weighted by molar-refractivity contribution is 6.32. The van der Waals surface area contributed by atoms with E-state index in [4.69, 9.17) is 25.8 Å². The smallest absolute Gasteiger partial charge is 0.338 e. The summed E-state index contributed by atoms with van der Waals surface area (Å²) in [5, 5.41) is 13.3. The SMILES string of the molecule is COc1cc(NC(=O)COC(=O)c2ccc(Cl)c([N+](=O)[O-])c2)cc(OC)c1. The van der Waals surface area contributed by atoms with Crippen molar-refractivity contribution in [3.8, 4) is 11.5 Å². The van der Waals surface area contributed by atoms with Crippen LogP contribution in [0.25, 0.3) is 0 Å². The van der Waals surface area contributed by atoms with Crippen LogP contribution in [-0.4, -0.2) is 37.6 Å². The fourth-order valence-electron chi connectivity index (χ4n) is 2.07. The molecule has 9 nitrogen and oxygen atoms in total. The highest BCUT2D eigenvalue weighted by Crippen LogP contribution is 2.26. The number of anilines is 1. The quantitative estimate of drug-likeness (QED) is 0.435. The number of rotatable bonds is 7. The Labute approximate surface area is 158 Å². The van der Waals surface area contributed by atoms with E-state index >= 15 is 0 Å². The maximum Gasteiger partial charge on any atom is 0.338 e. The van der Waals surface area contributed by atoms with Gasteiger partial charge >= 0.3 is 5.97 Å². The predicted octanol–water partition coefficient (Wildman–Crippen LogP) is 3.06. The Morgan fingerprint density at radius 3 is 2.30 bits per heavy atom. The number of esters is 1. The summed E-state index contributed by atoms with van der Waals surface area (Å²) in [5.41, 5.74) is -0.143. The highest BCUT2D eigenvalue weighted by atomic mass is 35.5. The lowest BCUT2D eigenvalue weighted by atomic mass is 10.2. The molecular weight excluding hydrogens is 380 g/mol. The maximum atomic E-state index is 12.0. The summed E-state index contributed by atoms with van der Waals surface area (Å²) in [4.78, 5) is 34.1. The first kappa shape index (κ1) is 20.0. The molecular formula is C17H15ClN2O7. The third-order valence-electron chi connectivity index (χ3n) is 3.35. The third-order valence-corrected chi connectivity index (χ3v) is 3.67. The summed E-state index contributed by atoms with van der Waals surface area (Å²) in [5.74, 6) is -0.569. The molecule has 0 saturated carbocycles. The van der Waals surface area contributed by atoms with Crippen molar-refractivity contribution in [2.24, 2.45) is 0 Å². The Morgan fingerprint density at radius 2 is 1.74 bits per heavy atom. The van der Waals surface area contributed by atoms with Gasteiger partial charge in [0.25, 0.3) is 11.6 Å². The molecule has 0 radical (unpaired) electrons. The van der Waals surface area contributed by atoms with E-state index in [2.05, 4.69) is 5.32 Å². The van der Waals surface area contributed by atoms with Crippen molar-refractivity contribution in [1.82, 2.24) is 0 Å². The standard InChI is InChI=1S/C17H15ClN2O7/c1-25-12-6-11(7-13(8-12)26-2)19-16(21)9-27-17(22)10-3-4-14(18)15(5-10)20(23)24/h3-8H,9H2,1-2H3,(H,19,21). The second-order valence-corrected chi connectivity index (χ2v) is 5.56. The number of hydrogen-bond donors (Lipinski definition) is 1. The largest absolute Gasteiger partial charge is 0.497 e. The molecule has 142 valence electrons. The third kappa shape index (κ3) is 5.32. The van der Waals surface area contributed by atoms with Crippen molar-refractivity contribution in [2.45, 2.75) is 0 Å². The fraction of sp³-hybridized carbons (Fsp3) is 0.176. The molecule has 0 atom stereocenters. The van der Waals surface area contributed by atoms with Crippen LogP contribution in [0.15, 0.2) is 36.4 Å². The number of benzene rings is 2. The molecule has 0 aliphatic heterocycles. The van der Waals surface area contributed by atoms with Crippen molar-refractivity contribution < 1.29 is 28.7 Å². The van der Waals surface area contributed by atoms with Crippen LogP contribution in [0.3, 0.4) is 0 Å². The van der Waals surface area contributed by atoms with E-state index in [9.17, 15) is 19.7 Å². The van der Waals surface area contributed by atoms with Crippen molar-refractivity contribution >= 4 is 34.9 Å². The molecule has 0 aromatic heterocycles. The molecule has 2 rings (SSSR count). The summed E-state index contributed by atoms with van der Waals surface area (Å²) in [6.45, 7) is -0.589. The monoisotopic (exact) mass is 394 g/mol. The van der Waals surface area contributed by atoms with Crippen LogP contribution in [0.5, 0.6) is 11.5 Å². The molecule has 0 heterocycles. The molecule has 2 aromatic carbocycles. The van der Waals surface area contributed by atoms with Gasteiger partial charge in [-0.25, -0.2) is 4.79 Å². The van der Waals surface area contributed by atoms with Gasteiger partial charge in [-0.2, -0.15) is 0 Å². The van der Waals surface area contributed by atoms with E-state index in [1.54, 1.807) is 18.2 Å². The number of halogens is 1. The molecule has 27 heavy (non-hydrogen) atoms. The lowest BCUT2D eigenvalue weighted by molar-refractivity contribution is -0.384. The minimum Gasteiger partial charge on any atom is -0.497 e. The zero-order valence-electron chi connectivity index (χ0n) is 14.4. The van der Waals surface area contributed by atoms with Gasteiger partial charge in [0.05, 0.1) is 24.7 Å². The van der Waals surface area contributed by atoms with Gasteiger partial charge in [-0.15, -0.1) is 0 Å². The van der Waals surface area contributed by atoms with Crippen molar-refractivity contribution in [1.29, 1.82) is 0 Å². The topological polar surface area (TPSA) is 117 Å².